The summed E-state index contributed by atoms with van der Waals surface area (Å²) in [5.74, 6) is 0.625. The normalized spacial score (nSPS) is 11.1. The van der Waals surface area contributed by atoms with Gasteiger partial charge >= 0.3 is 5.69 Å². The van der Waals surface area contributed by atoms with Gasteiger partial charge in [0.15, 0.2) is 11.5 Å². The average molecular weight is 216 g/mol. The number of H-pyrrole nitrogens is 1. The molecule has 0 saturated heterocycles. The van der Waals surface area contributed by atoms with Crippen LogP contribution in [0.1, 0.15) is 5.69 Å². The molecule has 0 amide bonds. The minimum atomic E-state index is -0.300. The lowest BCUT2D eigenvalue weighted by Crippen LogP contribution is -2.10. The summed E-state index contributed by atoms with van der Waals surface area (Å²) in [7, 11) is 0. The molecule has 16 heavy (non-hydrogen) atoms. The topological polar surface area (TPSA) is 80.9 Å². The second-order valence-corrected chi connectivity index (χ2v) is 3.41. The number of hydrogen-bond donors (Lipinski definition) is 1. The molecule has 3 rings (SSSR count). The van der Waals surface area contributed by atoms with Crippen LogP contribution >= 0.6 is 0 Å². The van der Waals surface area contributed by atoms with Crippen molar-refractivity contribution < 1.29 is 0 Å². The van der Waals surface area contributed by atoms with Crippen molar-refractivity contribution in [3.8, 4) is 5.82 Å². The van der Waals surface area contributed by atoms with Crippen LogP contribution in [-0.4, -0.2) is 29.4 Å². The van der Waals surface area contributed by atoms with Gasteiger partial charge in [-0.1, -0.05) is 0 Å². The maximum atomic E-state index is 11.2. The van der Waals surface area contributed by atoms with Crippen LogP contribution in [0.15, 0.2) is 29.5 Å². The lowest BCUT2D eigenvalue weighted by molar-refractivity contribution is 0.822. The Morgan fingerprint density at radius 1 is 1.44 bits per heavy atom. The second-order valence-electron chi connectivity index (χ2n) is 3.41. The Morgan fingerprint density at radius 3 is 3.06 bits per heavy atom. The molecule has 7 nitrogen and oxygen atoms in total. The largest absolute Gasteiger partial charge is 0.348 e. The van der Waals surface area contributed by atoms with Crippen LogP contribution in [0.25, 0.3) is 11.5 Å². The molecule has 80 valence electrons. The van der Waals surface area contributed by atoms with Crippen LogP contribution in [0.5, 0.6) is 0 Å². The number of nitrogens with one attached hydrogen (secondary N) is 1. The molecule has 0 fully saturated rings. The van der Waals surface area contributed by atoms with Crippen LogP contribution in [0.3, 0.4) is 0 Å². The van der Waals surface area contributed by atoms with E-state index in [1.165, 1.54) is 10.7 Å². The zero-order valence-electron chi connectivity index (χ0n) is 8.45. The van der Waals surface area contributed by atoms with Gasteiger partial charge < -0.3 is 0 Å². The molecule has 0 spiro atoms. The minimum absolute atomic E-state index is 0.300. The van der Waals surface area contributed by atoms with E-state index in [2.05, 4.69) is 20.3 Å². The van der Waals surface area contributed by atoms with Gasteiger partial charge in [0.1, 0.15) is 6.33 Å². The van der Waals surface area contributed by atoms with Crippen molar-refractivity contribution in [3.05, 3.63) is 40.8 Å². The maximum Gasteiger partial charge on any atom is 0.348 e. The van der Waals surface area contributed by atoms with Crippen molar-refractivity contribution in [2.75, 3.05) is 0 Å². The summed E-state index contributed by atoms with van der Waals surface area (Å²) in [6, 6.07) is 3.56. The van der Waals surface area contributed by atoms with Gasteiger partial charge in [-0.15, -0.1) is 0 Å². The Morgan fingerprint density at radius 2 is 2.31 bits per heavy atom. The molecule has 0 aromatic carbocycles. The molecule has 3 aromatic rings. The van der Waals surface area contributed by atoms with Crippen molar-refractivity contribution in [2.45, 2.75) is 6.92 Å². The zero-order chi connectivity index (χ0) is 11.1. The zero-order valence-corrected chi connectivity index (χ0v) is 8.45. The second kappa shape index (κ2) is 3.02. The third-order valence-corrected chi connectivity index (χ3v) is 2.25. The predicted octanol–water partition coefficient (Wildman–Crippen LogP) is -0.0883. The van der Waals surface area contributed by atoms with Crippen molar-refractivity contribution in [3.63, 3.8) is 0 Å². The summed E-state index contributed by atoms with van der Waals surface area (Å²) >= 11 is 0. The molecular formula is C9H8N6O. The molecular weight excluding hydrogens is 208 g/mol. The number of aryl methyl sites for hydroxylation is 1. The summed E-state index contributed by atoms with van der Waals surface area (Å²) in [4.78, 5) is 15.3. The Labute approximate surface area is 89.4 Å². The van der Waals surface area contributed by atoms with E-state index in [-0.39, 0.29) is 5.69 Å². The smallest absolute Gasteiger partial charge is 0.246 e. The van der Waals surface area contributed by atoms with E-state index in [1.807, 2.05) is 13.0 Å². The lowest BCUT2D eigenvalue weighted by atomic mass is 10.5. The van der Waals surface area contributed by atoms with Crippen molar-refractivity contribution in [1.29, 1.82) is 0 Å². The molecule has 0 bridgehead atoms. The average Bonchev–Trinajstić information content (AvgIpc) is 2.86. The molecule has 0 radical (unpaired) electrons. The molecule has 3 heterocycles. The van der Waals surface area contributed by atoms with Gasteiger partial charge in [-0.3, -0.25) is 0 Å². The fourth-order valence-corrected chi connectivity index (χ4v) is 1.47. The first-order valence-corrected chi connectivity index (χ1v) is 4.69. The molecule has 1 N–H and O–H groups in total. The molecule has 0 aliphatic heterocycles. The Bertz CT molecular complexity index is 706. The molecule has 7 heteroatoms. The van der Waals surface area contributed by atoms with Crippen molar-refractivity contribution >= 4 is 5.65 Å². The highest BCUT2D eigenvalue weighted by Gasteiger charge is 2.04. The molecule has 0 unspecified atom stereocenters. The molecule has 0 atom stereocenters. The van der Waals surface area contributed by atoms with Gasteiger partial charge in [0.05, 0.1) is 5.69 Å². The summed E-state index contributed by atoms with van der Waals surface area (Å²) in [6.07, 6.45) is 3.23. The first kappa shape index (κ1) is 8.84. The number of hydrogen-bond acceptors (Lipinski definition) is 4. The minimum Gasteiger partial charge on any atom is -0.246 e. The first-order valence-electron chi connectivity index (χ1n) is 4.69. The van der Waals surface area contributed by atoms with E-state index < -0.39 is 0 Å². The Kier molecular flexibility index (Phi) is 1.67. The van der Waals surface area contributed by atoms with Gasteiger partial charge in [-0.25, -0.2) is 24.0 Å². The quantitative estimate of drug-likeness (QED) is 0.616. The number of rotatable bonds is 1. The molecule has 3 aromatic heterocycles. The number of aromatic amines is 1. The number of nitrogens with zero attached hydrogens (tertiary/aromatic N) is 5. The van der Waals surface area contributed by atoms with E-state index in [9.17, 15) is 4.79 Å². The highest BCUT2D eigenvalue weighted by atomic mass is 16.1. The van der Waals surface area contributed by atoms with Gasteiger partial charge in [0, 0.05) is 12.3 Å². The van der Waals surface area contributed by atoms with Gasteiger partial charge in [-0.2, -0.15) is 10.2 Å². The third-order valence-electron chi connectivity index (χ3n) is 2.25. The third kappa shape index (κ3) is 1.22. The highest BCUT2D eigenvalue weighted by molar-refractivity contribution is 5.42. The van der Waals surface area contributed by atoms with Crippen LogP contribution in [0.2, 0.25) is 0 Å². The predicted molar refractivity (Wildman–Crippen MR) is 55.5 cm³/mol. The highest BCUT2D eigenvalue weighted by Crippen LogP contribution is 2.05. The number of aromatic nitrogens is 6. The summed E-state index contributed by atoms with van der Waals surface area (Å²) < 4.78 is 2.97. The maximum absolute atomic E-state index is 11.2. The Balaban J connectivity index is 2.22. The SMILES string of the molecule is Cc1ccn(-c2cc3n[nH]c(=O)n3cn2)n1. The fourth-order valence-electron chi connectivity index (χ4n) is 1.47. The van der Waals surface area contributed by atoms with E-state index in [1.54, 1.807) is 16.9 Å². The molecule has 0 aliphatic carbocycles. The van der Waals surface area contributed by atoms with Crippen molar-refractivity contribution in [2.24, 2.45) is 0 Å². The summed E-state index contributed by atoms with van der Waals surface area (Å²) in [5, 5.41) is 10.4. The molecule has 0 saturated carbocycles. The van der Waals surface area contributed by atoms with Crippen LogP contribution in [0, 0.1) is 6.92 Å². The van der Waals surface area contributed by atoms with Crippen LogP contribution in [0.4, 0.5) is 0 Å². The van der Waals surface area contributed by atoms with Crippen LogP contribution in [-0.2, 0) is 0 Å². The Hall–Kier alpha value is -2.44. The van der Waals surface area contributed by atoms with Gasteiger partial charge in [0.2, 0.25) is 0 Å². The standard InChI is InChI=1S/C9H8N6O/c1-6-2-3-15(13-6)7-4-8-11-12-9(16)14(8)5-10-7/h2-5H,1H3,(H,12,16). The van der Waals surface area contributed by atoms with E-state index >= 15 is 0 Å². The summed E-state index contributed by atoms with van der Waals surface area (Å²) in [5.41, 5.74) is 1.12. The van der Waals surface area contributed by atoms with E-state index in [0.717, 1.165) is 5.69 Å². The summed E-state index contributed by atoms with van der Waals surface area (Å²) in [6.45, 7) is 1.90. The van der Waals surface area contributed by atoms with Crippen LogP contribution < -0.4 is 5.69 Å². The fraction of sp³-hybridized carbons (Fsp3) is 0.111. The van der Waals surface area contributed by atoms with Gasteiger partial charge in [0.25, 0.3) is 0 Å². The van der Waals surface area contributed by atoms with Gasteiger partial charge in [-0.05, 0) is 13.0 Å². The number of fused-ring (bicyclic) bond motifs is 1. The van der Waals surface area contributed by atoms with Crippen molar-refractivity contribution in [1.82, 2.24) is 29.4 Å². The monoisotopic (exact) mass is 216 g/mol. The van der Waals surface area contributed by atoms with E-state index in [4.69, 9.17) is 0 Å². The van der Waals surface area contributed by atoms with E-state index in [0.29, 0.717) is 11.5 Å². The lowest BCUT2D eigenvalue weighted by Gasteiger charge is -1.99. The molecule has 0 aliphatic rings. The first-order chi connectivity index (χ1) is 7.74.